The van der Waals surface area contributed by atoms with Crippen molar-refractivity contribution in [2.24, 2.45) is 10.9 Å². The van der Waals surface area contributed by atoms with Gasteiger partial charge in [-0.3, -0.25) is 0 Å². The molecule has 0 spiro atoms. The Morgan fingerprint density at radius 3 is 2.79 bits per heavy atom. The normalized spacial score (nSPS) is 15.6. The van der Waals surface area contributed by atoms with E-state index in [4.69, 9.17) is 10.9 Å². The second kappa shape index (κ2) is 6.28. The molecule has 19 heavy (non-hydrogen) atoms. The molecule has 0 saturated heterocycles. The van der Waals surface area contributed by atoms with Crippen molar-refractivity contribution >= 4 is 27.5 Å². The fourth-order valence-corrected chi connectivity index (χ4v) is 2.75. The highest BCUT2D eigenvalue weighted by atomic mass is 79.9. The van der Waals surface area contributed by atoms with E-state index in [0.717, 1.165) is 16.6 Å². The number of hydrogen-bond acceptors (Lipinski definition) is 3. The fourth-order valence-electron chi connectivity index (χ4n) is 2.18. The molecule has 1 saturated carbocycles. The first-order valence-electron chi connectivity index (χ1n) is 6.71. The molecule has 0 aromatic heterocycles. The molecule has 5 heteroatoms. The number of amidine groups is 1. The maximum Gasteiger partial charge on any atom is 0.171 e. The highest BCUT2D eigenvalue weighted by Crippen LogP contribution is 2.34. The number of oxime groups is 1. The van der Waals surface area contributed by atoms with Gasteiger partial charge >= 0.3 is 0 Å². The zero-order valence-electron chi connectivity index (χ0n) is 11.1. The summed E-state index contributed by atoms with van der Waals surface area (Å²) in [4.78, 5) is 2.46. The van der Waals surface area contributed by atoms with Crippen LogP contribution in [0.15, 0.2) is 27.8 Å². The van der Waals surface area contributed by atoms with Gasteiger partial charge in [0.15, 0.2) is 5.84 Å². The minimum absolute atomic E-state index is 0.130. The van der Waals surface area contributed by atoms with Crippen LogP contribution in [0.5, 0.6) is 0 Å². The summed E-state index contributed by atoms with van der Waals surface area (Å²) < 4.78 is 0.863. The predicted octanol–water partition coefficient (Wildman–Crippen LogP) is 3.31. The molecule has 1 aromatic carbocycles. The number of unbranched alkanes of at least 4 members (excludes halogenated alkanes) is 1. The summed E-state index contributed by atoms with van der Waals surface area (Å²) >= 11 is 3.50. The molecule has 0 aliphatic heterocycles. The van der Waals surface area contributed by atoms with Gasteiger partial charge in [-0.25, -0.2) is 0 Å². The van der Waals surface area contributed by atoms with Gasteiger partial charge < -0.3 is 15.8 Å². The maximum atomic E-state index is 8.74. The smallest absolute Gasteiger partial charge is 0.171 e. The van der Waals surface area contributed by atoms with Crippen LogP contribution in [-0.4, -0.2) is 23.6 Å². The molecule has 1 aliphatic rings. The first-order valence-corrected chi connectivity index (χ1v) is 7.50. The Labute approximate surface area is 122 Å². The summed E-state index contributed by atoms with van der Waals surface area (Å²) in [5.41, 5.74) is 7.56. The van der Waals surface area contributed by atoms with Crippen molar-refractivity contribution in [1.29, 1.82) is 0 Å². The Morgan fingerprint density at radius 1 is 1.53 bits per heavy atom. The molecular weight excluding hydrogens is 306 g/mol. The quantitative estimate of drug-likeness (QED) is 0.365. The number of hydrogen-bond donors (Lipinski definition) is 2. The van der Waals surface area contributed by atoms with Crippen LogP contribution >= 0.6 is 15.9 Å². The zero-order chi connectivity index (χ0) is 13.8. The van der Waals surface area contributed by atoms with Gasteiger partial charge in [-0.1, -0.05) is 18.5 Å². The van der Waals surface area contributed by atoms with Gasteiger partial charge in [-0.05, 0) is 53.4 Å². The molecule has 0 heterocycles. The number of rotatable bonds is 6. The Kier molecular flexibility index (Phi) is 4.69. The number of nitrogens with zero attached hydrogens (tertiary/aromatic N) is 2. The second-order valence-electron chi connectivity index (χ2n) is 4.93. The number of nitrogens with two attached hydrogens (primary N) is 1. The second-order valence-corrected chi connectivity index (χ2v) is 5.78. The largest absolute Gasteiger partial charge is 0.409 e. The maximum absolute atomic E-state index is 8.74. The van der Waals surface area contributed by atoms with Crippen LogP contribution < -0.4 is 10.6 Å². The Morgan fingerprint density at radius 2 is 2.26 bits per heavy atom. The molecule has 3 N–H and O–H groups in total. The monoisotopic (exact) mass is 325 g/mol. The van der Waals surface area contributed by atoms with Crippen LogP contribution in [0.25, 0.3) is 0 Å². The van der Waals surface area contributed by atoms with Gasteiger partial charge in [0, 0.05) is 28.3 Å². The van der Waals surface area contributed by atoms with Crippen LogP contribution in [-0.2, 0) is 0 Å². The average Bonchev–Trinajstić information content (AvgIpc) is 3.23. The number of anilines is 1. The highest BCUT2D eigenvalue weighted by molar-refractivity contribution is 9.10. The van der Waals surface area contributed by atoms with E-state index in [1.807, 2.05) is 12.1 Å². The molecule has 0 atom stereocenters. The van der Waals surface area contributed by atoms with E-state index >= 15 is 0 Å². The van der Waals surface area contributed by atoms with Crippen LogP contribution in [0.1, 0.15) is 38.2 Å². The Balaban J connectivity index is 2.21. The van der Waals surface area contributed by atoms with Gasteiger partial charge in [-0.2, -0.15) is 0 Å². The van der Waals surface area contributed by atoms with Crippen molar-refractivity contribution in [1.82, 2.24) is 0 Å². The molecule has 4 nitrogen and oxygen atoms in total. The lowest BCUT2D eigenvalue weighted by atomic mass is 10.1. The lowest BCUT2D eigenvalue weighted by Crippen LogP contribution is -2.27. The van der Waals surface area contributed by atoms with Crippen molar-refractivity contribution in [2.75, 3.05) is 11.4 Å². The van der Waals surface area contributed by atoms with E-state index in [9.17, 15) is 0 Å². The third-order valence-electron chi connectivity index (χ3n) is 3.41. The molecule has 104 valence electrons. The van der Waals surface area contributed by atoms with Crippen LogP contribution in [0.3, 0.4) is 0 Å². The minimum Gasteiger partial charge on any atom is -0.409 e. The lowest BCUT2D eigenvalue weighted by molar-refractivity contribution is 0.318. The van der Waals surface area contributed by atoms with Crippen molar-refractivity contribution in [2.45, 2.75) is 38.6 Å². The topological polar surface area (TPSA) is 61.8 Å². The van der Waals surface area contributed by atoms with E-state index in [-0.39, 0.29) is 5.84 Å². The molecule has 2 rings (SSSR count). The highest BCUT2D eigenvalue weighted by Gasteiger charge is 2.29. The molecule has 1 aromatic rings. The van der Waals surface area contributed by atoms with Crippen molar-refractivity contribution in [3.05, 3.63) is 28.2 Å². The third-order valence-corrected chi connectivity index (χ3v) is 4.06. The molecular formula is C14H20BrN3O. The SMILES string of the molecule is CCCCN(c1ccc(/C(N)=N/O)c(Br)c1)C1CC1. The molecule has 0 unspecified atom stereocenters. The number of benzene rings is 1. The van der Waals surface area contributed by atoms with Crippen LogP contribution in [0, 0.1) is 0 Å². The van der Waals surface area contributed by atoms with Crippen LogP contribution in [0.4, 0.5) is 5.69 Å². The molecule has 0 radical (unpaired) electrons. The molecule has 1 fully saturated rings. The zero-order valence-corrected chi connectivity index (χ0v) is 12.7. The van der Waals surface area contributed by atoms with Gasteiger partial charge in [0.1, 0.15) is 0 Å². The van der Waals surface area contributed by atoms with Gasteiger partial charge in [0.25, 0.3) is 0 Å². The Hall–Kier alpha value is -1.23. The van der Waals surface area contributed by atoms with Crippen molar-refractivity contribution in [3.8, 4) is 0 Å². The van der Waals surface area contributed by atoms with Gasteiger partial charge in [0.2, 0.25) is 0 Å². The van der Waals surface area contributed by atoms with E-state index < -0.39 is 0 Å². The lowest BCUT2D eigenvalue weighted by Gasteiger charge is -2.25. The third kappa shape index (κ3) is 3.41. The van der Waals surface area contributed by atoms with Gasteiger partial charge in [0.05, 0.1) is 0 Å². The summed E-state index contributed by atoms with van der Waals surface area (Å²) in [6.45, 7) is 3.30. The van der Waals surface area contributed by atoms with E-state index in [0.29, 0.717) is 6.04 Å². The summed E-state index contributed by atoms with van der Waals surface area (Å²) in [6.07, 6.45) is 4.97. The van der Waals surface area contributed by atoms with Crippen LogP contribution in [0.2, 0.25) is 0 Å². The summed E-state index contributed by atoms with van der Waals surface area (Å²) in [7, 11) is 0. The fraction of sp³-hybridized carbons (Fsp3) is 0.500. The standard InChI is InChI=1S/C14H20BrN3O/c1-2-3-8-18(10-4-5-10)11-6-7-12(13(15)9-11)14(16)17-19/h6-7,9-10,19H,2-5,8H2,1H3,(H2,16,17). The number of halogens is 1. The minimum atomic E-state index is 0.130. The van der Waals surface area contributed by atoms with E-state index in [1.165, 1.54) is 31.4 Å². The summed E-state index contributed by atoms with van der Waals surface area (Å²) in [6, 6.07) is 6.69. The summed E-state index contributed by atoms with van der Waals surface area (Å²) in [5, 5.41) is 11.8. The van der Waals surface area contributed by atoms with E-state index in [2.05, 4.69) is 39.0 Å². The predicted molar refractivity (Wildman–Crippen MR) is 81.9 cm³/mol. The first kappa shape index (κ1) is 14.2. The molecule has 0 bridgehead atoms. The van der Waals surface area contributed by atoms with Crippen molar-refractivity contribution < 1.29 is 5.21 Å². The Bertz CT molecular complexity index is 472. The average molecular weight is 326 g/mol. The van der Waals surface area contributed by atoms with E-state index in [1.54, 1.807) is 0 Å². The summed E-state index contributed by atoms with van der Waals surface area (Å²) in [5.74, 6) is 0.130. The van der Waals surface area contributed by atoms with Crippen molar-refractivity contribution in [3.63, 3.8) is 0 Å². The van der Waals surface area contributed by atoms with Gasteiger partial charge in [-0.15, -0.1) is 0 Å². The first-order chi connectivity index (χ1) is 9.17. The molecule has 1 aliphatic carbocycles. The molecule has 0 amide bonds.